The van der Waals surface area contributed by atoms with Gasteiger partial charge in [0.1, 0.15) is 11.5 Å². The lowest BCUT2D eigenvalue weighted by Crippen LogP contribution is -2.07. The Balaban J connectivity index is 1.82. The van der Waals surface area contributed by atoms with Crippen LogP contribution in [0, 0.1) is 5.92 Å². The van der Waals surface area contributed by atoms with Gasteiger partial charge < -0.3 is 14.8 Å². The molecule has 0 amide bonds. The van der Waals surface area contributed by atoms with Crippen molar-refractivity contribution in [3.8, 4) is 22.8 Å². The summed E-state index contributed by atoms with van der Waals surface area (Å²) in [6.45, 7) is 0.951. The minimum absolute atomic E-state index is 0.750. The zero-order valence-electron chi connectivity index (χ0n) is 13.8. The number of imidazole rings is 1. The third kappa shape index (κ3) is 2.54. The largest absolute Gasteiger partial charge is 0.496 e. The van der Waals surface area contributed by atoms with Crippen molar-refractivity contribution in [2.24, 2.45) is 5.92 Å². The van der Waals surface area contributed by atoms with E-state index in [2.05, 4.69) is 15.3 Å². The van der Waals surface area contributed by atoms with Crippen LogP contribution in [0.1, 0.15) is 12.8 Å². The van der Waals surface area contributed by atoms with Crippen molar-refractivity contribution in [3.63, 3.8) is 0 Å². The summed E-state index contributed by atoms with van der Waals surface area (Å²) >= 11 is 0. The zero-order valence-corrected chi connectivity index (χ0v) is 13.8. The van der Waals surface area contributed by atoms with Crippen molar-refractivity contribution in [1.29, 1.82) is 0 Å². The minimum atomic E-state index is 0.750. The van der Waals surface area contributed by atoms with Gasteiger partial charge in [-0.2, -0.15) is 0 Å². The van der Waals surface area contributed by atoms with Gasteiger partial charge in [0, 0.05) is 18.9 Å². The normalized spacial score (nSPS) is 13.9. The number of rotatable bonds is 6. The van der Waals surface area contributed by atoms with Crippen LogP contribution in [0.25, 0.3) is 16.9 Å². The van der Waals surface area contributed by atoms with Gasteiger partial charge in [-0.05, 0) is 30.9 Å². The van der Waals surface area contributed by atoms with Gasteiger partial charge >= 0.3 is 0 Å². The SMILES string of the molecule is COc1cccc(OC)c1-c1cnc2c(NCC3CC3)nccn12. The lowest BCUT2D eigenvalue weighted by Gasteiger charge is -2.13. The Morgan fingerprint density at radius 2 is 1.92 bits per heavy atom. The Hall–Kier alpha value is -2.76. The summed E-state index contributed by atoms with van der Waals surface area (Å²) in [7, 11) is 3.32. The Labute approximate surface area is 140 Å². The highest BCUT2D eigenvalue weighted by molar-refractivity contribution is 5.78. The van der Waals surface area contributed by atoms with Crippen LogP contribution in [0.15, 0.2) is 36.8 Å². The highest BCUT2D eigenvalue weighted by Crippen LogP contribution is 2.38. The van der Waals surface area contributed by atoms with E-state index >= 15 is 0 Å². The second-order valence-corrected chi connectivity index (χ2v) is 5.97. The fourth-order valence-corrected chi connectivity index (χ4v) is 2.90. The van der Waals surface area contributed by atoms with Crippen molar-refractivity contribution in [3.05, 3.63) is 36.8 Å². The number of nitrogens with zero attached hydrogens (tertiary/aromatic N) is 3. The molecule has 0 atom stereocenters. The fourth-order valence-electron chi connectivity index (χ4n) is 2.90. The maximum absolute atomic E-state index is 5.53. The van der Waals surface area contributed by atoms with E-state index in [1.54, 1.807) is 20.4 Å². The van der Waals surface area contributed by atoms with E-state index in [9.17, 15) is 0 Å². The molecule has 1 N–H and O–H groups in total. The van der Waals surface area contributed by atoms with Gasteiger partial charge in [-0.1, -0.05) is 6.07 Å². The molecule has 0 unspecified atom stereocenters. The highest BCUT2D eigenvalue weighted by atomic mass is 16.5. The molecule has 1 fully saturated rings. The van der Waals surface area contributed by atoms with E-state index in [1.807, 2.05) is 35.0 Å². The second kappa shape index (κ2) is 6.03. The van der Waals surface area contributed by atoms with E-state index in [-0.39, 0.29) is 0 Å². The number of ether oxygens (including phenoxy) is 2. The molecule has 1 aliphatic carbocycles. The van der Waals surface area contributed by atoms with Crippen LogP contribution in [-0.4, -0.2) is 35.1 Å². The molecule has 0 bridgehead atoms. The predicted molar refractivity (Wildman–Crippen MR) is 92.7 cm³/mol. The van der Waals surface area contributed by atoms with Crippen LogP contribution in [0.4, 0.5) is 5.82 Å². The van der Waals surface area contributed by atoms with Crippen molar-refractivity contribution in [2.75, 3.05) is 26.1 Å². The molecule has 6 heteroatoms. The van der Waals surface area contributed by atoms with E-state index < -0.39 is 0 Å². The number of hydrogen-bond donors (Lipinski definition) is 1. The van der Waals surface area contributed by atoms with Crippen LogP contribution < -0.4 is 14.8 Å². The summed E-state index contributed by atoms with van der Waals surface area (Å²) in [6.07, 6.45) is 8.13. The van der Waals surface area contributed by atoms with Crippen molar-refractivity contribution in [1.82, 2.24) is 14.4 Å². The maximum atomic E-state index is 5.53. The van der Waals surface area contributed by atoms with Gasteiger partial charge in [0.25, 0.3) is 0 Å². The predicted octanol–water partition coefficient (Wildman–Crippen LogP) is 3.24. The molecule has 2 aromatic heterocycles. The summed E-state index contributed by atoms with van der Waals surface area (Å²) in [4.78, 5) is 9.01. The number of fused-ring (bicyclic) bond motifs is 1. The molecule has 1 aliphatic rings. The summed E-state index contributed by atoms with van der Waals surface area (Å²) in [5.74, 6) is 3.08. The van der Waals surface area contributed by atoms with Crippen LogP contribution in [0.2, 0.25) is 0 Å². The van der Waals surface area contributed by atoms with Gasteiger partial charge in [0.05, 0.1) is 31.7 Å². The minimum Gasteiger partial charge on any atom is -0.496 e. The second-order valence-electron chi connectivity index (χ2n) is 5.97. The average Bonchev–Trinajstić information content (AvgIpc) is 3.36. The molecular formula is C18H20N4O2. The molecule has 4 rings (SSSR count). The summed E-state index contributed by atoms with van der Waals surface area (Å²) in [5, 5.41) is 3.41. The molecule has 0 saturated heterocycles. The van der Waals surface area contributed by atoms with Crippen LogP contribution in [0.3, 0.4) is 0 Å². The standard InChI is InChI=1S/C18H20N4O2/c1-23-14-4-3-5-15(24-2)16(14)13-11-21-18-17(19-8-9-22(13)18)20-10-12-6-7-12/h3-5,8-9,11-12H,6-7,10H2,1-2H3,(H,19,20). The number of aromatic nitrogens is 3. The van der Waals surface area contributed by atoms with Gasteiger partial charge in [-0.25, -0.2) is 9.97 Å². The first-order valence-electron chi connectivity index (χ1n) is 8.09. The van der Waals surface area contributed by atoms with Gasteiger partial charge in [0.15, 0.2) is 11.5 Å². The van der Waals surface area contributed by atoms with Gasteiger partial charge in [-0.3, -0.25) is 4.40 Å². The number of anilines is 1. The molecule has 0 spiro atoms. The first-order chi connectivity index (χ1) is 11.8. The maximum Gasteiger partial charge on any atom is 0.180 e. The Kier molecular flexibility index (Phi) is 3.72. The summed E-state index contributed by atoms with van der Waals surface area (Å²) in [6, 6.07) is 5.75. The third-order valence-electron chi connectivity index (χ3n) is 4.37. The molecule has 24 heavy (non-hydrogen) atoms. The number of nitrogens with one attached hydrogen (secondary N) is 1. The van der Waals surface area contributed by atoms with Crippen LogP contribution in [0.5, 0.6) is 11.5 Å². The molecular weight excluding hydrogens is 304 g/mol. The third-order valence-corrected chi connectivity index (χ3v) is 4.37. The Bertz CT molecular complexity index is 848. The molecule has 6 nitrogen and oxygen atoms in total. The molecule has 1 aromatic carbocycles. The summed E-state index contributed by atoms with van der Waals surface area (Å²) in [5.41, 5.74) is 2.60. The molecule has 0 aliphatic heterocycles. The lowest BCUT2D eigenvalue weighted by atomic mass is 10.1. The van der Waals surface area contributed by atoms with Crippen molar-refractivity contribution < 1.29 is 9.47 Å². The quantitative estimate of drug-likeness (QED) is 0.754. The smallest absolute Gasteiger partial charge is 0.180 e. The number of hydrogen-bond acceptors (Lipinski definition) is 5. The molecule has 2 heterocycles. The van der Waals surface area contributed by atoms with Crippen molar-refractivity contribution >= 4 is 11.5 Å². The zero-order chi connectivity index (χ0) is 16.5. The average molecular weight is 324 g/mol. The van der Waals surface area contributed by atoms with E-state index in [0.717, 1.165) is 46.7 Å². The van der Waals surface area contributed by atoms with Gasteiger partial charge in [-0.15, -0.1) is 0 Å². The van der Waals surface area contributed by atoms with E-state index in [0.29, 0.717) is 0 Å². The van der Waals surface area contributed by atoms with E-state index in [4.69, 9.17) is 9.47 Å². The highest BCUT2D eigenvalue weighted by Gasteiger charge is 2.22. The van der Waals surface area contributed by atoms with E-state index in [1.165, 1.54) is 12.8 Å². The first kappa shape index (κ1) is 14.8. The van der Waals surface area contributed by atoms with Gasteiger partial charge in [0.2, 0.25) is 0 Å². The molecule has 124 valence electrons. The molecule has 1 saturated carbocycles. The molecule has 0 radical (unpaired) electrons. The monoisotopic (exact) mass is 324 g/mol. The van der Waals surface area contributed by atoms with Crippen molar-refractivity contribution in [2.45, 2.75) is 12.8 Å². The topological polar surface area (TPSA) is 60.7 Å². The molecule has 3 aromatic rings. The number of methoxy groups -OCH3 is 2. The Morgan fingerprint density at radius 1 is 1.17 bits per heavy atom. The summed E-state index contributed by atoms with van der Waals surface area (Å²) < 4.78 is 13.1. The van der Waals surface area contributed by atoms with Crippen LogP contribution in [-0.2, 0) is 0 Å². The van der Waals surface area contributed by atoms with Crippen LogP contribution >= 0.6 is 0 Å². The number of benzene rings is 1. The lowest BCUT2D eigenvalue weighted by molar-refractivity contribution is 0.397. The fraction of sp³-hybridized carbons (Fsp3) is 0.333. The Morgan fingerprint density at radius 3 is 2.58 bits per heavy atom. The first-order valence-corrected chi connectivity index (χ1v) is 8.09.